The summed E-state index contributed by atoms with van der Waals surface area (Å²) in [6, 6.07) is 7.24. The van der Waals surface area contributed by atoms with Crippen molar-refractivity contribution < 1.29 is 14.3 Å². The molecular weight excluding hydrogens is 280 g/mol. The number of hydrogen-bond acceptors (Lipinski definition) is 5. The highest BCUT2D eigenvalue weighted by molar-refractivity contribution is 6.32. The van der Waals surface area contributed by atoms with Crippen LogP contribution in [0.15, 0.2) is 18.2 Å². The van der Waals surface area contributed by atoms with Gasteiger partial charge in [-0.3, -0.25) is 0 Å². The summed E-state index contributed by atoms with van der Waals surface area (Å²) in [5, 5.41) is 9.28. The summed E-state index contributed by atoms with van der Waals surface area (Å²) in [6.07, 6.45) is -0.708. The van der Waals surface area contributed by atoms with E-state index in [1.165, 1.54) is 7.11 Å². The maximum Gasteiger partial charge on any atom is 0.336 e. The van der Waals surface area contributed by atoms with Crippen LogP contribution in [0.5, 0.6) is 0 Å². The molecule has 0 N–H and O–H groups in total. The van der Waals surface area contributed by atoms with Crippen LogP contribution in [0.4, 0.5) is 5.69 Å². The van der Waals surface area contributed by atoms with Gasteiger partial charge in [0.15, 0.2) is 6.10 Å². The Kier molecular flexibility index (Phi) is 4.48. The third-order valence-electron chi connectivity index (χ3n) is 3.16. The number of anilines is 1. The van der Waals surface area contributed by atoms with Gasteiger partial charge in [0.2, 0.25) is 0 Å². The number of esters is 1. The van der Waals surface area contributed by atoms with E-state index < -0.39 is 6.10 Å². The SMILES string of the molecule is COC(=O)[C@H]1CN(c2ccc(C#N)c(Cl)c2)C[C@@H](C)O1. The van der Waals surface area contributed by atoms with Crippen molar-refractivity contribution in [2.45, 2.75) is 19.1 Å². The van der Waals surface area contributed by atoms with Crippen molar-refractivity contribution in [2.24, 2.45) is 0 Å². The van der Waals surface area contributed by atoms with Crippen molar-refractivity contribution >= 4 is 23.3 Å². The minimum Gasteiger partial charge on any atom is -0.467 e. The Morgan fingerprint density at radius 3 is 2.90 bits per heavy atom. The molecule has 0 amide bonds. The van der Waals surface area contributed by atoms with E-state index >= 15 is 0 Å². The van der Waals surface area contributed by atoms with Crippen molar-refractivity contribution in [1.29, 1.82) is 5.26 Å². The van der Waals surface area contributed by atoms with Gasteiger partial charge in [0.1, 0.15) is 6.07 Å². The molecule has 2 rings (SSSR count). The number of halogens is 1. The third kappa shape index (κ3) is 3.03. The van der Waals surface area contributed by atoms with E-state index in [0.29, 0.717) is 23.7 Å². The second kappa shape index (κ2) is 6.12. The highest BCUT2D eigenvalue weighted by Gasteiger charge is 2.31. The highest BCUT2D eigenvalue weighted by Crippen LogP contribution is 2.26. The van der Waals surface area contributed by atoms with Gasteiger partial charge < -0.3 is 14.4 Å². The number of nitrogens with zero attached hydrogens (tertiary/aromatic N) is 2. The molecule has 5 nitrogen and oxygen atoms in total. The first kappa shape index (κ1) is 14.6. The Balaban J connectivity index is 2.21. The Morgan fingerprint density at radius 1 is 1.55 bits per heavy atom. The second-order valence-electron chi connectivity index (χ2n) is 4.64. The number of carbonyl (C=O) groups is 1. The van der Waals surface area contributed by atoms with Gasteiger partial charge in [-0.2, -0.15) is 5.26 Å². The van der Waals surface area contributed by atoms with Crippen molar-refractivity contribution in [3.63, 3.8) is 0 Å². The zero-order valence-electron chi connectivity index (χ0n) is 11.3. The van der Waals surface area contributed by atoms with E-state index in [1.807, 2.05) is 24.0 Å². The summed E-state index contributed by atoms with van der Waals surface area (Å²) >= 11 is 6.04. The molecule has 6 heteroatoms. The summed E-state index contributed by atoms with van der Waals surface area (Å²) in [4.78, 5) is 13.6. The topological polar surface area (TPSA) is 62.6 Å². The number of morpholine rings is 1. The molecule has 1 aliphatic heterocycles. The highest BCUT2D eigenvalue weighted by atomic mass is 35.5. The van der Waals surface area contributed by atoms with Crippen molar-refractivity contribution in [2.75, 3.05) is 25.1 Å². The minimum absolute atomic E-state index is 0.0951. The molecule has 1 aromatic carbocycles. The number of carbonyl (C=O) groups excluding carboxylic acids is 1. The van der Waals surface area contributed by atoms with Crippen LogP contribution in [0.2, 0.25) is 5.02 Å². The predicted molar refractivity (Wildman–Crippen MR) is 74.7 cm³/mol. The van der Waals surface area contributed by atoms with Gasteiger partial charge in [0, 0.05) is 12.2 Å². The van der Waals surface area contributed by atoms with Crippen LogP contribution in [0.1, 0.15) is 12.5 Å². The van der Waals surface area contributed by atoms with Crippen LogP contribution in [0.25, 0.3) is 0 Å². The van der Waals surface area contributed by atoms with Crippen molar-refractivity contribution in [3.8, 4) is 6.07 Å². The van der Waals surface area contributed by atoms with Gasteiger partial charge >= 0.3 is 5.97 Å². The number of nitriles is 1. The zero-order chi connectivity index (χ0) is 14.7. The summed E-state index contributed by atoms with van der Waals surface area (Å²) in [6.45, 7) is 2.95. The van der Waals surface area contributed by atoms with Crippen LogP contribution in [0.3, 0.4) is 0 Å². The molecule has 1 aromatic rings. The number of benzene rings is 1. The first-order valence-corrected chi connectivity index (χ1v) is 6.61. The molecule has 0 radical (unpaired) electrons. The van der Waals surface area contributed by atoms with Gasteiger partial charge in [0.25, 0.3) is 0 Å². The molecule has 1 heterocycles. The van der Waals surface area contributed by atoms with Crippen LogP contribution >= 0.6 is 11.6 Å². The van der Waals surface area contributed by atoms with Crippen LogP contribution in [-0.4, -0.2) is 38.4 Å². The minimum atomic E-state index is -0.613. The van der Waals surface area contributed by atoms with E-state index in [4.69, 9.17) is 26.3 Å². The van der Waals surface area contributed by atoms with E-state index in [1.54, 1.807) is 12.1 Å². The van der Waals surface area contributed by atoms with Gasteiger partial charge in [-0.25, -0.2) is 4.79 Å². The lowest BCUT2D eigenvalue weighted by molar-refractivity contribution is -0.158. The van der Waals surface area contributed by atoms with E-state index in [-0.39, 0.29) is 12.1 Å². The van der Waals surface area contributed by atoms with Gasteiger partial charge in [-0.15, -0.1) is 0 Å². The van der Waals surface area contributed by atoms with Crippen molar-refractivity contribution in [1.82, 2.24) is 0 Å². The molecule has 0 bridgehead atoms. The smallest absolute Gasteiger partial charge is 0.336 e. The first-order chi connectivity index (χ1) is 9.55. The predicted octanol–water partition coefficient (Wildman–Crippen LogP) is 1.98. The lowest BCUT2D eigenvalue weighted by Gasteiger charge is -2.37. The van der Waals surface area contributed by atoms with Gasteiger partial charge in [-0.05, 0) is 25.1 Å². The fraction of sp³-hybridized carbons (Fsp3) is 0.429. The summed E-state index contributed by atoms with van der Waals surface area (Å²) < 4.78 is 10.3. The molecule has 0 spiro atoms. The molecule has 0 saturated carbocycles. The van der Waals surface area contributed by atoms with Gasteiger partial charge in [0.05, 0.1) is 30.3 Å². The van der Waals surface area contributed by atoms with Crippen molar-refractivity contribution in [3.05, 3.63) is 28.8 Å². The summed E-state index contributed by atoms with van der Waals surface area (Å²) in [5.41, 5.74) is 1.29. The molecule has 1 aliphatic rings. The lowest BCUT2D eigenvalue weighted by atomic mass is 10.1. The molecule has 0 unspecified atom stereocenters. The number of rotatable bonds is 2. The molecule has 1 saturated heterocycles. The average molecular weight is 295 g/mol. The maximum absolute atomic E-state index is 11.6. The fourth-order valence-corrected chi connectivity index (χ4v) is 2.43. The first-order valence-electron chi connectivity index (χ1n) is 6.23. The lowest BCUT2D eigenvalue weighted by Crippen LogP contribution is -2.50. The average Bonchev–Trinajstić information content (AvgIpc) is 2.45. The monoisotopic (exact) mass is 294 g/mol. The van der Waals surface area contributed by atoms with E-state index in [9.17, 15) is 4.79 Å². The molecule has 0 aliphatic carbocycles. The van der Waals surface area contributed by atoms with Crippen LogP contribution in [-0.2, 0) is 14.3 Å². The summed E-state index contributed by atoms with van der Waals surface area (Å²) in [7, 11) is 1.34. The van der Waals surface area contributed by atoms with Crippen LogP contribution < -0.4 is 4.90 Å². The van der Waals surface area contributed by atoms with E-state index in [2.05, 4.69) is 0 Å². The van der Waals surface area contributed by atoms with Gasteiger partial charge in [-0.1, -0.05) is 11.6 Å². The quantitative estimate of drug-likeness (QED) is 0.781. The van der Waals surface area contributed by atoms with E-state index in [0.717, 1.165) is 5.69 Å². The number of hydrogen-bond donors (Lipinski definition) is 0. The second-order valence-corrected chi connectivity index (χ2v) is 5.05. The number of methoxy groups -OCH3 is 1. The molecule has 2 atom stereocenters. The Bertz CT molecular complexity index is 556. The Morgan fingerprint density at radius 2 is 2.30 bits per heavy atom. The fourth-order valence-electron chi connectivity index (χ4n) is 2.22. The third-order valence-corrected chi connectivity index (χ3v) is 3.48. The Hall–Kier alpha value is -1.77. The molecule has 1 fully saturated rings. The van der Waals surface area contributed by atoms with Crippen LogP contribution in [0, 0.1) is 11.3 Å². The standard InChI is InChI=1S/C14H15ClN2O3/c1-9-7-17(8-13(20-9)14(18)19-2)11-4-3-10(6-16)12(15)5-11/h3-5,9,13H,7-8H2,1-2H3/t9-,13-/m1/s1. The molecule has 0 aromatic heterocycles. The molecular formula is C14H15ClN2O3. The molecule has 106 valence electrons. The largest absolute Gasteiger partial charge is 0.467 e. The normalized spacial score (nSPS) is 22.2. The Labute approximate surface area is 122 Å². The maximum atomic E-state index is 11.6. The summed E-state index contributed by atoms with van der Waals surface area (Å²) in [5.74, 6) is -0.388. The molecule has 20 heavy (non-hydrogen) atoms. The number of ether oxygens (including phenoxy) is 2. The zero-order valence-corrected chi connectivity index (χ0v) is 12.1.